The smallest absolute Gasteiger partial charge is 0.103 e. The third-order valence-electron chi connectivity index (χ3n) is 4.06. The van der Waals surface area contributed by atoms with Gasteiger partial charge in [0.1, 0.15) is 5.76 Å². The van der Waals surface area contributed by atoms with E-state index in [0.717, 1.165) is 31.6 Å². The van der Waals surface area contributed by atoms with Crippen LogP contribution in [0.2, 0.25) is 0 Å². The zero-order valence-corrected chi connectivity index (χ0v) is 13.5. The van der Waals surface area contributed by atoms with Crippen molar-refractivity contribution < 1.29 is 4.42 Å². The molecule has 1 unspecified atom stereocenters. The highest BCUT2D eigenvalue weighted by Gasteiger charge is 2.10. The van der Waals surface area contributed by atoms with Crippen molar-refractivity contribution in [2.75, 3.05) is 6.54 Å². The number of furan rings is 1. The second-order valence-corrected chi connectivity index (χ2v) is 5.89. The van der Waals surface area contributed by atoms with Gasteiger partial charge in [0.05, 0.1) is 6.26 Å². The molecule has 1 heterocycles. The molecule has 0 radical (unpaired) electrons. The summed E-state index contributed by atoms with van der Waals surface area (Å²) in [6, 6.07) is 11.4. The van der Waals surface area contributed by atoms with E-state index < -0.39 is 0 Å². The van der Waals surface area contributed by atoms with Crippen molar-refractivity contribution in [1.29, 1.82) is 0 Å². The first-order valence-corrected chi connectivity index (χ1v) is 8.01. The Morgan fingerprint density at radius 1 is 1.14 bits per heavy atom. The summed E-state index contributed by atoms with van der Waals surface area (Å²) in [6.45, 7) is 7.65. The second kappa shape index (κ2) is 8.04. The van der Waals surface area contributed by atoms with E-state index in [9.17, 15) is 0 Å². The quantitative estimate of drug-likeness (QED) is 0.775. The van der Waals surface area contributed by atoms with Gasteiger partial charge in [0, 0.05) is 12.5 Å². The van der Waals surface area contributed by atoms with Crippen LogP contribution in [0.25, 0.3) is 0 Å². The van der Waals surface area contributed by atoms with Crippen LogP contribution in [0.3, 0.4) is 0 Å². The van der Waals surface area contributed by atoms with Gasteiger partial charge in [-0.25, -0.2) is 0 Å². The largest absolute Gasteiger partial charge is 0.469 e. The van der Waals surface area contributed by atoms with Crippen LogP contribution in [-0.4, -0.2) is 12.6 Å². The fourth-order valence-electron chi connectivity index (χ4n) is 2.61. The SMILES string of the molecule is CCCNC(CCc1ccco1)Cc1ccc(C)c(C)c1. The van der Waals surface area contributed by atoms with Crippen molar-refractivity contribution in [3.05, 3.63) is 59.0 Å². The van der Waals surface area contributed by atoms with Crippen LogP contribution in [0, 0.1) is 13.8 Å². The number of hydrogen-bond acceptors (Lipinski definition) is 2. The van der Waals surface area contributed by atoms with E-state index in [1.165, 1.54) is 23.1 Å². The predicted octanol–water partition coefficient (Wildman–Crippen LogP) is 4.44. The first kappa shape index (κ1) is 15.8. The molecule has 0 aliphatic heterocycles. The Hall–Kier alpha value is -1.54. The number of nitrogens with one attached hydrogen (secondary N) is 1. The van der Waals surface area contributed by atoms with Gasteiger partial charge in [0.25, 0.3) is 0 Å². The van der Waals surface area contributed by atoms with E-state index in [1.807, 2.05) is 6.07 Å². The zero-order valence-electron chi connectivity index (χ0n) is 13.5. The Balaban J connectivity index is 1.95. The maximum Gasteiger partial charge on any atom is 0.103 e. The van der Waals surface area contributed by atoms with Crippen LogP contribution >= 0.6 is 0 Å². The topological polar surface area (TPSA) is 25.2 Å². The minimum atomic E-state index is 0.511. The lowest BCUT2D eigenvalue weighted by Gasteiger charge is -2.19. The van der Waals surface area contributed by atoms with Gasteiger partial charge in [-0.2, -0.15) is 0 Å². The molecule has 0 saturated heterocycles. The van der Waals surface area contributed by atoms with E-state index in [2.05, 4.69) is 50.4 Å². The molecule has 0 saturated carbocycles. The van der Waals surface area contributed by atoms with E-state index in [0.29, 0.717) is 6.04 Å². The summed E-state index contributed by atoms with van der Waals surface area (Å²) in [5.74, 6) is 1.08. The highest BCUT2D eigenvalue weighted by Crippen LogP contribution is 2.14. The van der Waals surface area contributed by atoms with Crippen molar-refractivity contribution in [1.82, 2.24) is 5.32 Å². The summed E-state index contributed by atoms with van der Waals surface area (Å²) in [5, 5.41) is 3.67. The fourth-order valence-corrected chi connectivity index (χ4v) is 2.61. The van der Waals surface area contributed by atoms with Gasteiger partial charge in [0.2, 0.25) is 0 Å². The third kappa shape index (κ3) is 5.05. The Morgan fingerprint density at radius 2 is 2.00 bits per heavy atom. The summed E-state index contributed by atoms with van der Waals surface area (Å²) >= 11 is 0. The molecule has 2 heteroatoms. The molecule has 0 aliphatic carbocycles. The number of hydrogen-bond donors (Lipinski definition) is 1. The van der Waals surface area contributed by atoms with Crippen molar-refractivity contribution in [2.24, 2.45) is 0 Å². The molecule has 1 aromatic carbocycles. The van der Waals surface area contributed by atoms with Crippen LogP contribution < -0.4 is 5.32 Å². The summed E-state index contributed by atoms with van der Waals surface area (Å²) in [4.78, 5) is 0. The van der Waals surface area contributed by atoms with Gasteiger partial charge in [-0.3, -0.25) is 0 Å². The minimum Gasteiger partial charge on any atom is -0.469 e. The normalized spacial score (nSPS) is 12.5. The second-order valence-electron chi connectivity index (χ2n) is 5.89. The van der Waals surface area contributed by atoms with Crippen LogP contribution in [-0.2, 0) is 12.8 Å². The Bertz CT molecular complexity index is 531. The highest BCUT2D eigenvalue weighted by molar-refractivity contribution is 5.30. The lowest BCUT2D eigenvalue weighted by molar-refractivity contribution is 0.441. The fraction of sp³-hybridized carbons (Fsp3) is 0.474. The van der Waals surface area contributed by atoms with Crippen LogP contribution in [0.15, 0.2) is 41.0 Å². The van der Waals surface area contributed by atoms with Gasteiger partial charge >= 0.3 is 0 Å². The van der Waals surface area contributed by atoms with Crippen LogP contribution in [0.5, 0.6) is 0 Å². The molecule has 1 N–H and O–H groups in total. The molecule has 0 bridgehead atoms. The third-order valence-corrected chi connectivity index (χ3v) is 4.06. The maximum atomic E-state index is 5.45. The molecule has 0 fully saturated rings. The van der Waals surface area contributed by atoms with E-state index in [-0.39, 0.29) is 0 Å². The van der Waals surface area contributed by atoms with Gasteiger partial charge < -0.3 is 9.73 Å². The summed E-state index contributed by atoms with van der Waals surface area (Å²) < 4.78 is 5.45. The van der Waals surface area contributed by atoms with E-state index >= 15 is 0 Å². The van der Waals surface area contributed by atoms with Crippen molar-refractivity contribution in [3.63, 3.8) is 0 Å². The van der Waals surface area contributed by atoms with Gasteiger partial charge in [-0.1, -0.05) is 25.1 Å². The summed E-state index contributed by atoms with van der Waals surface area (Å²) in [5.41, 5.74) is 4.17. The average molecular weight is 285 g/mol. The molecule has 114 valence electrons. The molecular weight excluding hydrogens is 258 g/mol. The first-order valence-electron chi connectivity index (χ1n) is 8.01. The molecule has 0 spiro atoms. The standard InChI is InChI=1S/C19H27NO/c1-4-11-20-18(9-10-19-6-5-12-21-19)14-17-8-7-15(2)16(3)13-17/h5-8,12-13,18,20H,4,9-11,14H2,1-3H3. The molecule has 2 nitrogen and oxygen atoms in total. The first-order chi connectivity index (χ1) is 10.2. The average Bonchev–Trinajstić information content (AvgIpc) is 2.99. The number of benzene rings is 1. The molecule has 1 atom stereocenters. The van der Waals surface area contributed by atoms with Crippen molar-refractivity contribution in [3.8, 4) is 0 Å². The van der Waals surface area contributed by atoms with Crippen LogP contribution in [0.1, 0.15) is 42.2 Å². The minimum absolute atomic E-state index is 0.511. The van der Waals surface area contributed by atoms with Crippen molar-refractivity contribution >= 4 is 0 Å². The van der Waals surface area contributed by atoms with Crippen molar-refractivity contribution in [2.45, 2.75) is 52.5 Å². The molecule has 1 aromatic heterocycles. The van der Waals surface area contributed by atoms with Crippen LogP contribution in [0.4, 0.5) is 0 Å². The van der Waals surface area contributed by atoms with Gasteiger partial charge in [0.15, 0.2) is 0 Å². The Labute approximate surface area is 128 Å². The number of rotatable bonds is 8. The molecular formula is C19H27NO. The lowest BCUT2D eigenvalue weighted by Crippen LogP contribution is -2.32. The molecule has 21 heavy (non-hydrogen) atoms. The lowest BCUT2D eigenvalue weighted by atomic mass is 9.98. The van der Waals surface area contributed by atoms with Gasteiger partial charge in [-0.05, 0) is 68.5 Å². The summed E-state index contributed by atoms with van der Waals surface area (Å²) in [7, 11) is 0. The van der Waals surface area contributed by atoms with E-state index in [1.54, 1.807) is 6.26 Å². The monoisotopic (exact) mass is 285 g/mol. The molecule has 0 amide bonds. The summed E-state index contributed by atoms with van der Waals surface area (Å²) in [6.07, 6.45) is 6.12. The molecule has 0 aliphatic rings. The number of aryl methyl sites for hydroxylation is 3. The highest BCUT2D eigenvalue weighted by atomic mass is 16.3. The zero-order chi connectivity index (χ0) is 15.1. The predicted molar refractivity (Wildman–Crippen MR) is 88.7 cm³/mol. The van der Waals surface area contributed by atoms with E-state index in [4.69, 9.17) is 4.42 Å². The maximum absolute atomic E-state index is 5.45. The molecule has 2 aromatic rings. The van der Waals surface area contributed by atoms with Gasteiger partial charge in [-0.15, -0.1) is 0 Å². The Morgan fingerprint density at radius 3 is 2.67 bits per heavy atom. The molecule has 2 rings (SSSR count). The Kier molecular flexibility index (Phi) is 6.06.